The first-order chi connectivity index (χ1) is 10.3. The van der Waals surface area contributed by atoms with Crippen molar-refractivity contribution in [2.24, 2.45) is 0 Å². The smallest absolute Gasteiger partial charge is 0.119 e. The number of aryl methyl sites for hydroxylation is 1. The topological polar surface area (TPSA) is 22.1 Å². The van der Waals surface area contributed by atoms with Crippen molar-refractivity contribution >= 4 is 22.7 Å². The number of benzene rings is 2. The number of nitrogens with zero attached hydrogens (tertiary/aromatic N) is 1. The van der Waals surface area contributed by atoms with Crippen molar-refractivity contribution in [1.82, 2.24) is 4.98 Å². The second-order valence-corrected chi connectivity index (χ2v) is 5.97. The quantitative estimate of drug-likeness (QED) is 0.502. The predicted octanol–water partition coefficient (Wildman–Crippen LogP) is 4.71. The summed E-state index contributed by atoms with van der Waals surface area (Å²) >= 11 is 1.72. The number of aromatic nitrogens is 1. The number of rotatable bonds is 5. The van der Waals surface area contributed by atoms with Crippen LogP contribution in [0.5, 0.6) is 5.75 Å². The minimum absolute atomic E-state index is 0.683. The Morgan fingerprint density at radius 3 is 2.62 bits per heavy atom. The van der Waals surface area contributed by atoms with Gasteiger partial charge in [0.1, 0.15) is 5.75 Å². The molecule has 106 valence electrons. The van der Waals surface area contributed by atoms with Gasteiger partial charge in [-0.1, -0.05) is 42.0 Å². The van der Waals surface area contributed by atoms with Crippen LogP contribution in [0.15, 0.2) is 65.7 Å². The second-order valence-electron chi connectivity index (χ2n) is 4.85. The molecule has 2 aromatic carbocycles. The maximum absolute atomic E-state index is 5.72. The Bertz CT molecular complexity index is 725. The lowest BCUT2D eigenvalue weighted by Crippen LogP contribution is -2.00. The fraction of sp³-hybridized carbons (Fsp3) is 0.167. The number of hydrogen-bond donors (Lipinski definition) is 0. The number of ether oxygens (including phenoxy) is 1. The van der Waals surface area contributed by atoms with Gasteiger partial charge in [0, 0.05) is 11.1 Å². The highest BCUT2D eigenvalue weighted by molar-refractivity contribution is 7.99. The molecule has 3 aromatic rings. The Kier molecular flexibility index (Phi) is 4.41. The van der Waals surface area contributed by atoms with Crippen LogP contribution in [0, 0.1) is 6.92 Å². The SMILES string of the molecule is Cc1ccc(OCCSc2ccc3ccccc3n2)cc1. The zero-order chi connectivity index (χ0) is 14.5. The van der Waals surface area contributed by atoms with Crippen LogP contribution in [-0.2, 0) is 0 Å². The number of para-hydroxylation sites is 1. The summed E-state index contributed by atoms with van der Waals surface area (Å²) in [6.45, 7) is 2.76. The van der Waals surface area contributed by atoms with Gasteiger partial charge in [0.15, 0.2) is 0 Å². The fourth-order valence-corrected chi connectivity index (χ4v) is 2.77. The molecule has 0 N–H and O–H groups in total. The summed E-state index contributed by atoms with van der Waals surface area (Å²) in [4.78, 5) is 4.64. The van der Waals surface area contributed by atoms with Gasteiger partial charge in [0.25, 0.3) is 0 Å². The van der Waals surface area contributed by atoms with Crippen LogP contribution in [0.4, 0.5) is 0 Å². The van der Waals surface area contributed by atoms with Gasteiger partial charge in [-0.25, -0.2) is 4.98 Å². The summed E-state index contributed by atoms with van der Waals surface area (Å²) in [6, 6.07) is 20.5. The number of fused-ring (bicyclic) bond motifs is 1. The van der Waals surface area contributed by atoms with Crippen molar-refractivity contribution in [3.05, 3.63) is 66.2 Å². The van der Waals surface area contributed by atoms with Crippen LogP contribution in [0.25, 0.3) is 10.9 Å². The lowest BCUT2D eigenvalue weighted by Gasteiger charge is -2.06. The predicted molar refractivity (Wildman–Crippen MR) is 89.1 cm³/mol. The maximum atomic E-state index is 5.72. The fourth-order valence-electron chi connectivity index (χ4n) is 2.07. The molecule has 1 heterocycles. The van der Waals surface area contributed by atoms with E-state index in [1.807, 2.05) is 30.3 Å². The zero-order valence-corrected chi connectivity index (χ0v) is 12.8. The molecule has 0 spiro atoms. The minimum atomic E-state index is 0.683. The molecule has 0 atom stereocenters. The van der Waals surface area contributed by atoms with E-state index in [4.69, 9.17) is 4.74 Å². The standard InChI is InChI=1S/C18H17NOS/c1-14-6-9-16(10-7-14)20-12-13-21-18-11-8-15-4-2-3-5-17(15)19-18/h2-11H,12-13H2,1H3. The Hall–Kier alpha value is -2.00. The highest BCUT2D eigenvalue weighted by atomic mass is 32.2. The van der Waals surface area contributed by atoms with Crippen molar-refractivity contribution in [2.75, 3.05) is 12.4 Å². The van der Waals surface area contributed by atoms with Gasteiger partial charge in [0.05, 0.1) is 17.1 Å². The average molecular weight is 295 g/mol. The summed E-state index contributed by atoms with van der Waals surface area (Å²) in [5.41, 5.74) is 2.29. The summed E-state index contributed by atoms with van der Waals surface area (Å²) in [5, 5.41) is 2.22. The van der Waals surface area contributed by atoms with Crippen LogP contribution in [0.1, 0.15) is 5.56 Å². The monoisotopic (exact) mass is 295 g/mol. The lowest BCUT2D eigenvalue weighted by atomic mass is 10.2. The molecule has 21 heavy (non-hydrogen) atoms. The third-order valence-electron chi connectivity index (χ3n) is 3.20. The van der Waals surface area contributed by atoms with E-state index in [0.29, 0.717) is 6.61 Å². The highest BCUT2D eigenvalue weighted by Crippen LogP contribution is 2.20. The van der Waals surface area contributed by atoms with Crippen molar-refractivity contribution in [3.8, 4) is 5.75 Å². The van der Waals surface area contributed by atoms with Gasteiger partial charge in [0.2, 0.25) is 0 Å². The van der Waals surface area contributed by atoms with E-state index >= 15 is 0 Å². The van der Waals surface area contributed by atoms with Gasteiger partial charge in [-0.15, -0.1) is 11.8 Å². The summed E-state index contributed by atoms with van der Waals surface area (Å²) in [5.74, 6) is 1.81. The molecule has 0 bridgehead atoms. The van der Waals surface area contributed by atoms with Crippen LogP contribution >= 0.6 is 11.8 Å². The maximum Gasteiger partial charge on any atom is 0.119 e. The van der Waals surface area contributed by atoms with Crippen molar-refractivity contribution in [2.45, 2.75) is 11.9 Å². The largest absolute Gasteiger partial charge is 0.493 e. The third kappa shape index (κ3) is 3.76. The van der Waals surface area contributed by atoms with Crippen LogP contribution in [0.2, 0.25) is 0 Å². The molecule has 0 unspecified atom stereocenters. The molecule has 0 radical (unpaired) electrons. The van der Waals surface area contributed by atoms with Gasteiger partial charge in [-0.2, -0.15) is 0 Å². The molecule has 1 aromatic heterocycles. The van der Waals surface area contributed by atoms with Gasteiger partial charge in [-0.05, 0) is 31.2 Å². The van der Waals surface area contributed by atoms with E-state index in [9.17, 15) is 0 Å². The van der Waals surface area contributed by atoms with Crippen molar-refractivity contribution < 1.29 is 4.74 Å². The Balaban J connectivity index is 1.53. The van der Waals surface area contributed by atoms with Crippen LogP contribution in [0.3, 0.4) is 0 Å². The molecule has 3 heteroatoms. The third-order valence-corrected chi connectivity index (χ3v) is 4.09. The van der Waals surface area contributed by atoms with E-state index in [2.05, 4.69) is 42.2 Å². The summed E-state index contributed by atoms with van der Waals surface area (Å²) < 4.78 is 5.72. The molecule has 0 saturated carbocycles. The van der Waals surface area contributed by atoms with Crippen molar-refractivity contribution in [1.29, 1.82) is 0 Å². The summed E-state index contributed by atoms with van der Waals surface area (Å²) in [6.07, 6.45) is 0. The van der Waals surface area contributed by atoms with E-state index in [-0.39, 0.29) is 0 Å². The molecule has 3 rings (SSSR count). The number of thioether (sulfide) groups is 1. The second kappa shape index (κ2) is 6.64. The molecule has 0 aliphatic carbocycles. The molecule has 0 aliphatic rings. The summed E-state index contributed by atoms with van der Waals surface area (Å²) in [7, 11) is 0. The number of hydrogen-bond acceptors (Lipinski definition) is 3. The normalized spacial score (nSPS) is 10.7. The van der Waals surface area contributed by atoms with Crippen LogP contribution in [-0.4, -0.2) is 17.3 Å². The minimum Gasteiger partial charge on any atom is -0.493 e. The molecular formula is C18H17NOS. The molecule has 0 aliphatic heterocycles. The molecular weight excluding hydrogens is 278 g/mol. The Labute approximate surface area is 129 Å². The van der Waals surface area contributed by atoms with Gasteiger partial charge >= 0.3 is 0 Å². The number of pyridine rings is 1. The molecule has 0 fully saturated rings. The first-order valence-electron chi connectivity index (χ1n) is 6.99. The molecule has 0 amide bonds. The van der Waals surface area contributed by atoms with E-state index in [1.165, 1.54) is 10.9 Å². The highest BCUT2D eigenvalue weighted by Gasteiger charge is 1.99. The first-order valence-corrected chi connectivity index (χ1v) is 7.98. The Morgan fingerprint density at radius 1 is 0.952 bits per heavy atom. The van der Waals surface area contributed by atoms with E-state index < -0.39 is 0 Å². The van der Waals surface area contributed by atoms with Crippen molar-refractivity contribution in [3.63, 3.8) is 0 Å². The average Bonchev–Trinajstić information content (AvgIpc) is 2.53. The van der Waals surface area contributed by atoms with Gasteiger partial charge in [-0.3, -0.25) is 0 Å². The first kappa shape index (κ1) is 14.0. The molecule has 2 nitrogen and oxygen atoms in total. The zero-order valence-electron chi connectivity index (χ0n) is 12.0. The van der Waals surface area contributed by atoms with Crippen LogP contribution < -0.4 is 4.74 Å². The van der Waals surface area contributed by atoms with Gasteiger partial charge < -0.3 is 4.74 Å². The van der Waals surface area contributed by atoms with E-state index in [0.717, 1.165) is 22.0 Å². The lowest BCUT2D eigenvalue weighted by molar-refractivity contribution is 0.344. The molecule has 0 saturated heterocycles. The van der Waals surface area contributed by atoms with E-state index in [1.54, 1.807) is 11.8 Å². The Morgan fingerprint density at radius 2 is 1.76 bits per heavy atom.